The van der Waals surface area contributed by atoms with Gasteiger partial charge in [0.2, 0.25) is 0 Å². The third-order valence-corrected chi connectivity index (χ3v) is 2.67. The van der Waals surface area contributed by atoms with Crippen molar-refractivity contribution in [2.45, 2.75) is 13.3 Å². The number of rotatable bonds is 3. The van der Waals surface area contributed by atoms with Gasteiger partial charge in [0.15, 0.2) is 11.5 Å². The highest BCUT2D eigenvalue weighted by Crippen LogP contribution is 2.35. The van der Waals surface area contributed by atoms with E-state index in [1.807, 2.05) is 13.1 Å². The second-order valence-corrected chi connectivity index (χ2v) is 3.74. The third-order valence-electron chi connectivity index (χ3n) is 2.67. The molecule has 3 heteroatoms. The lowest BCUT2D eigenvalue weighted by molar-refractivity contribution is 0.169. The van der Waals surface area contributed by atoms with Crippen LogP contribution < -0.4 is 14.8 Å². The summed E-state index contributed by atoms with van der Waals surface area (Å²) in [6.45, 7) is 4.38. The predicted molar refractivity (Wildman–Crippen MR) is 59.8 cm³/mol. The lowest BCUT2D eigenvalue weighted by atomic mass is 10.0. The molecular weight excluding hydrogens is 190 g/mol. The molecule has 0 spiro atoms. The molecule has 0 radical (unpaired) electrons. The van der Waals surface area contributed by atoms with Crippen LogP contribution in [0.2, 0.25) is 0 Å². The molecule has 0 aliphatic carbocycles. The largest absolute Gasteiger partial charge is 0.486 e. The van der Waals surface area contributed by atoms with E-state index in [0.717, 1.165) is 24.5 Å². The van der Waals surface area contributed by atoms with Crippen molar-refractivity contribution < 1.29 is 9.47 Å². The molecule has 1 aromatic rings. The van der Waals surface area contributed by atoms with Crippen molar-refractivity contribution in [1.29, 1.82) is 0 Å². The van der Waals surface area contributed by atoms with Crippen molar-refractivity contribution >= 4 is 0 Å². The van der Waals surface area contributed by atoms with E-state index in [9.17, 15) is 0 Å². The molecule has 0 saturated heterocycles. The average molecular weight is 207 g/mol. The zero-order valence-corrected chi connectivity index (χ0v) is 9.30. The fourth-order valence-electron chi connectivity index (χ4n) is 1.83. The van der Waals surface area contributed by atoms with E-state index >= 15 is 0 Å². The van der Waals surface area contributed by atoms with Crippen molar-refractivity contribution in [3.05, 3.63) is 23.3 Å². The van der Waals surface area contributed by atoms with Crippen molar-refractivity contribution in [3.63, 3.8) is 0 Å². The van der Waals surface area contributed by atoms with Gasteiger partial charge in [-0.2, -0.15) is 0 Å². The zero-order chi connectivity index (χ0) is 10.7. The molecule has 1 aliphatic rings. The maximum absolute atomic E-state index is 5.68. The first-order valence-corrected chi connectivity index (χ1v) is 5.35. The van der Waals surface area contributed by atoms with Gasteiger partial charge in [0.1, 0.15) is 13.2 Å². The van der Waals surface area contributed by atoms with Crippen LogP contribution in [0.5, 0.6) is 11.5 Å². The molecule has 0 bridgehead atoms. The lowest BCUT2D eigenvalue weighted by Crippen LogP contribution is -2.18. The number of hydrogen-bond acceptors (Lipinski definition) is 3. The van der Waals surface area contributed by atoms with Gasteiger partial charge >= 0.3 is 0 Å². The third kappa shape index (κ3) is 2.07. The van der Waals surface area contributed by atoms with Crippen molar-refractivity contribution in [1.82, 2.24) is 5.32 Å². The number of aryl methyl sites for hydroxylation is 1. The topological polar surface area (TPSA) is 30.5 Å². The SMILES string of the molecule is CNCCc1c(C)ccc2c1OCCO2. The number of benzene rings is 1. The van der Waals surface area contributed by atoms with E-state index in [-0.39, 0.29) is 0 Å². The summed E-state index contributed by atoms with van der Waals surface area (Å²) in [6.07, 6.45) is 0.981. The molecule has 2 rings (SSSR count). The van der Waals surface area contributed by atoms with Crippen LogP contribution in [0.4, 0.5) is 0 Å². The van der Waals surface area contributed by atoms with Gasteiger partial charge in [-0.25, -0.2) is 0 Å². The van der Waals surface area contributed by atoms with Gasteiger partial charge in [0, 0.05) is 5.56 Å². The van der Waals surface area contributed by atoms with Gasteiger partial charge in [0.25, 0.3) is 0 Å². The molecule has 0 aromatic heterocycles. The predicted octanol–water partition coefficient (Wildman–Crippen LogP) is 1.53. The minimum absolute atomic E-state index is 0.654. The summed E-state index contributed by atoms with van der Waals surface area (Å²) in [4.78, 5) is 0. The number of likely N-dealkylation sites (N-methyl/N-ethyl adjacent to an activating group) is 1. The van der Waals surface area contributed by atoms with Crippen LogP contribution >= 0.6 is 0 Å². The maximum atomic E-state index is 5.68. The summed E-state index contributed by atoms with van der Waals surface area (Å²) >= 11 is 0. The summed E-state index contributed by atoms with van der Waals surface area (Å²) in [5.41, 5.74) is 2.54. The van der Waals surface area contributed by atoms with Gasteiger partial charge < -0.3 is 14.8 Å². The Bertz CT molecular complexity index is 350. The molecule has 0 fully saturated rings. The summed E-state index contributed by atoms with van der Waals surface area (Å²) in [6, 6.07) is 4.09. The first-order valence-electron chi connectivity index (χ1n) is 5.35. The fourth-order valence-corrected chi connectivity index (χ4v) is 1.83. The quantitative estimate of drug-likeness (QED) is 0.815. The first-order chi connectivity index (χ1) is 7.33. The Kier molecular flexibility index (Phi) is 3.11. The molecule has 82 valence electrons. The standard InChI is InChI=1S/C12H17NO2/c1-9-3-4-11-12(15-8-7-14-11)10(9)5-6-13-2/h3-4,13H,5-8H2,1-2H3. The number of ether oxygens (including phenoxy) is 2. The van der Waals surface area contributed by atoms with Crippen molar-refractivity contribution in [2.75, 3.05) is 26.8 Å². The Morgan fingerprint density at radius 2 is 2.07 bits per heavy atom. The monoisotopic (exact) mass is 207 g/mol. The normalized spacial score (nSPS) is 14.0. The summed E-state index contributed by atoms with van der Waals surface area (Å²) in [5, 5.41) is 3.15. The van der Waals surface area contributed by atoms with Crippen LogP contribution in [0.3, 0.4) is 0 Å². The van der Waals surface area contributed by atoms with Gasteiger partial charge in [-0.15, -0.1) is 0 Å². The van der Waals surface area contributed by atoms with E-state index in [0.29, 0.717) is 13.2 Å². The van der Waals surface area contributed by atoms with Crippen LogP contribution in [0.25, 0.3) is 0 Å². The molecule has 1 aliphatic heterocycles. The highest BCUT2D eigenvalue weighted by molar-refractivity contribution is 5.51. The minimum Gasteiger partial charge on any atom is -0.486 e. The van der Waals surface area contributed by atoms with Crippen LogP contribution in [-0.4, -0.2) is 26.8 Å². The number of hydrogen-bond donors (Lipinski definition) is 1. The fraction of sp³-hybridized carbons (Fsp3) is 0.500. The van der Waals surface area contributed by atoms with Gasteiger partial charge in [-0.3, -0.25) is 0 Å². The molecule has 15 heavy (non-hydrogen) atoms. The molecule has 3 nitrogen and oxygen atoms in total. The first kappa shape index (κ1) is 10.3. The Morgan fingerprint density at radius 3 is 2.87 bits per heavy atom. The summed E-state index contributed by atoms with van der Waals surface area (Å²) < 4.78 is 11.2. The molecule has 1 N–H and O–H groups in total. The average Bonchev–Trinajstić information content (AvgIpc) is 2.28. The Labute approximate surface area is 90.4 Å². The minimum atomic E-state index is 0.654. The summed E-state index contributed by atoms with van der Waals surface area (Å²) in [7, 11) is 1.96. The van der Waals surface area contributed by atoms with Gasteiger partial charge in [-0.1, -0.05) is 6.07 Å². The summed E-state index contributed by atoms with van der Waals surface area (Å²) in [5.74, 6) is 1.83. The molecule has 0 atom stereocenters. The van der Waals surface area contributed by atoms with Crippen LogP contribution in [0.1, 0.15) is 11.1 Å². The number of nitrogens with one attached hydrogen (secondary N) is 1. The van der Waals surface area contributed by atoms with E-state index in [2.05, 4.69) is 18.3 Å². The Hall–Kier alpha value is -1.22. The lowest BCUT2D eigenvalue weighted by Gasteiger charge is -2.22. The Balaban J connectivity index is 2.32. The van der Waals surface area contributed by atoms with E-state index in [1.54, 1.807) is 0 Å². The molecule has 0 saturated carbocycles. The van der Waals surface area contributed by atoms with E-state index < -0.39 is 0 Å². The molecule has 0 unspecified atom stereocenters. The second kappa shape index (κ2) is 4.53. The van der Waals surface area contributed by atoms with Crippen LogP contribution in [-0.2, 0) is 6.42 Å². The van der Waals surface area contributed by atoms with Gasteiger partial charge in [0.05, 0.1) is 0 Å². The maximum Gasteiger partial charge on any atom is 0.164 e. The molecule has 1 heterocycles. The molecule has 1 aromatic carbocycles. The molecule has 0 amide bonds. The second-order valence-electron chi connectivity index (χ2n) is 3.74. The highest BCUT2D eigenvalue weighted by atomic mass is 16.6. The van der Waals surface area contributed by atoms with Crippen molar-refractivity contribution in [2.24, 2.45) is 0 Å². The van der Waals surface area contributed by atoms with E-state index in [1.165, 1.54) is 11.1 Å². The van der Waals surface area contributed by atoms with Gasteiger partial charge in [-0.05, 0) is 38.6 Å². The van der Waals surface area contributed by atoms with Crippen LogP contribution in [0.15, 0.2) is 12.1 Å². The van der Waals surface area contributed by atoms with Crippen molar-refractivity contribution in [3.8, 4) is 11.5 Å². The Morgan fingerprint density at radius 1 is 1.27 bits per heavy atom. The molecular formula is C12H17NO2. The zero-order valence-electron chi connectivity index (χ0n) is 9.30. The van der Waals surface area contributed by atoms with Crippen LogP contribution in [0, 0.1) is 6.92 Å². The smallest absolute Gasteiger partial charge is 0.164 e. The van der Waals surface area contributed by atoms with E-state index in [4.69, 9.17) is 9.47 Å². The number of fused-ring (bicyclic) bond motifs is 1. The highest BCUT2D eigenvalue weighted by Gasteiger charge is 2.16.